The Bertz CT molecular complexity index is 930. The summed E-state index contributed by atoms with van der Waals surface area (Å²) in [6.45, 7) is 0. The number of nitrogens with zero attached hydrogens (tertiary/aromatic N) is 1. The van der Waals surface area contributed by atoms with E-state index in [4.69, 9.17) is 9.15 Å². The van der Waals surface area contributed by atoms with E-state index in [1.165, 1.54) is 23.3 Å². The van der Waals surface area contributed by atoms with Crippen molar-refractivity contribution >= 4 is 22.8 Å². The lowest BCUT2D eigenvalue weighted by atomic mass is 10.1. The SMILES string of the molecule is CN(C)C(=O)C(OC(=O)Cc1coc2cc(O)ccc12)c1ccccc1. The van der Waals surface area contributed by atoms with Crippen LogP contribution in [0, 0.1) is 0 Å². The van der Waals surface area contributed by atoms with Gasteiger partial charge >= 0.3 is 5.97 Å². The molecule has 1 amide bonds. The molecule has 134 valence electrons. The van der Waals surface area contributed by atoms with Crippen LogP contribution < -0.4 is 0 Å². The molecule has 26 heavy (non-hydrogen) atoms. The zero-order chi connectivity index (χ0) is 18.7. The van der Waals surface area contributed by atoms with Gasteiger partial charge in [-0.05, 0) is 12.1 Å². The van der Waals surface area contributed by atoms with E-state index in [9.17, 15) is 14.7 Å². The van der Waals surface area contributed by atoms with Gasteiger partial charge < -0.3 is 19.2 Å². The highest BCUT2D eigenvalue weighted by atomic mass is 16.5. The van der Waals surface area contributed by atoms with Gasteiger partial charge in [-0.3, -0.25) is 9.59 Å². The van der Waals surface area contributed by atoms with Gasteiger partial charge in [0.05, 0.1) is 12.7 Å². The van der Waals surface area contributed by atoms with Crippen molar-refractivity contribution in [2.24, 2.45) is 0 Å². The van der Waals surface area contributed by atoms with Gasteiger partial charge in [-0.2, -0.15) is 0 Å². The van der Waals surface area contributed by atoms with Crippen molar-refractivity contribution in [3.63, 3.8) is 0 Å². The third kappa shape index (κ3) is 3.69. The van der Waals surface area contributed by atoms with Crippen molar-refractivity contribution in [2.75, 3.05) is 14.1 Å². The molecule has 0 fully saturated rings. The molecule has 1 aromatic heterocycles. The number of rotatable bonds is 5. The Kier molecular flexibility index (Phi) is 4.93. The smallest absolute Gasteiger partial charge is 0.311 e. The molecule has 0 spiro atoms. The normalized spacial score (nSPS) is 11.9. The van der Waals surface area contributed by atoms with E-state index in [1.54, 1.807) is 44.4 Å². The number of carbonyl (C=O) groups is 2. The molecule has 3 aromatic rings. The third-order valence-electron chi connectivity index (χ3n) is 3.99. The summed E-state index contributed by atoms with van der Waals surface area (Å²) in [4.78, 5) is 26.3. The number of fused-ring (bicyclic) bond motifs is 1. The second-order valence-electron chi connectivity index (χ2n) is 6.13. The summed E-state index contributed by atoms with van der Waals surface area (Å²) >= 11 is 0. The second-order valence-corrected chi connectivity index (χ2v) is 6.13. The Morgan fingerprint density at radius 1 is 1.15 bits per heavy atom. The fraction of sp³-hybridized carbons (Fsp3) is 0.200. The number of benzene rings is 2. The molecule has 0 saturated carbocycles. The summed E-state index contributed by atoms with van der Waals surface area (Å²) in [6, 6.07) is 13.6. The summed E-state index contributed by atoms with van der Waals surface area (Å²) in [7, 11) is 3.23. The Balaban J connectivity index is 1.80. The lowest BCUT2D eigenvalue weighted by Crippen LogP contribution is -2.31. The summed E-state index contributed by atoms with van der Waals surface area (Å²) < 4.78 is 10.8. The average Bonchev–Trinajstić information content (AvgIpc) is 3.01. The van der Waals surface area contributed by atoms with E-state index in [2.05, 4.69) is 0 Å². The zero-order valence-corrected chi connectivity index (χ0v) is 14.5. The Morgan fingerprint density at radius 3 is 2.58 bits per heavy atom. The second kappa shape index (κ2) is 7.31. The van der Waals surface area contributed by atoms with E-state index in [-0.39, 0.29) is 18.1 Å². The van der Waals surface area contributed by atoms with E-state index in [0.717, 1.165) is 5.39 Å². The van der Waals surface area contributed by atoms with E-state index in [1.807, 2.05) is 6.07 Å². The minimum absolute atomic E-state index is 0.0399. The first-order valence-corrected chi connectivity index (χ1v) is 8.10. The lowest BCUT2D eigenvalue weighted by Gasteiger charge is -2.21. The van der Waals surface area contributed by atoms with E-state index in [0.29, 0.717) is 16.7 Å². The summed E-state index contributed by atoms with van der Waals surface area (Å²) in [5, 5.41) is 10.2. The molecule has 0 aliphatic heterocycles. The quantitative estimate of drug-likeness (QED) is 0.713. The predicted molar refractivity (Wildman–Crippen MR) is 95.6 cm³/mol. The van der Waals surface area contributed by atoms with Crippen molar-refractivity contribution < 1.29 is 23.8 Å². The van der Waals surface area contributed by atoms with Crippen LogP contribution in [0.3, 0.4) is 0 Å². The number of phenols is 1. The minimum atomic E-state index is -0.999. The topological polar surface area (TPSA) is 80.0 Å². The first kappa shape index (κ1) is 17.5. The molecule has 6 nitrogen and oxygen atoms in total. The van der Waals surface area contributed by atoms with Gasteiger partial charge in [0.2, 0.25) is 6.10 Å². The molecule has 6 heteroatoms. The van der Waals surface area contributed by atoms with Gasteiger partial charge in [-0.25, -0.2) is 0 Å². The summed E-state index contributed by atoms with van der Waals surface area (Å²) in [5.74, 6) is -0.766. The number of hydrogen-bond acceptors (Lipinski definition) is 5. The van der Waals surface area contributed by atoms with Gasteiger partial charge in [0.1, 0.15) is 11.3 Å². The largest absolute Gasteiger partial charge is 0.508 e. The van der Waals surface area contributed by atoms with Gasteiger partial charge in [-0.15, -0.1) is 0 Å². The number of hydrogen-bond donors (Lipinski definition) is 1. The Morgan fingerprint density at radius 2 is 1.88 bits per heavy atom. The van der Waals surface area contributed by atoms with Crippen LogP contribution in [-0.2, 0) is 20.7 Å². The molecule has 0 aliphatic rings. The maximum atomic E-state index is 12.4. The Hall–Kier alpha value is -3.28. The first-order valence-electron chi connectivity index (χ1n) is 8.10. The molecule has 3 rings (SSSR count). The molecular formula is C20H19NO5. The van der Waals surface area contributed by atoms with Crippen LogP contribution in [0.2, 0.25) is 0 Å². The molecule has 0 saturated heterocycles. The summed E-state index contributed by atoms with van der Waals surface area (Å²) in [5.41, 5.74) is 1.73. The number of likely N-dealkylation sites (N-methyl/N-ethyl adjacent to an activating group) is 1. The van der Waals surface area contributed by atoms with Crippen LogP contribution in [0.4, 0.5) is 0 Å². The number of amides is 1. The van der Waals surface area contributed by atoms with Crippen molar-refractivity contribution in [2.45, 2.75) is 12.5 Å². The van der Waals surface area contributed by atoms with Crippen LogP contribution in [0.5, 0.6) is 5.75 Å². The molecule has 0 aliphatic carbocycles. The monoisotopic (exact) mass is 353 g/mol. The van der Waals surface area contributed by atoms with Gasteiger partial charge in [0.15, 0.2) is 0 Å². The first-order chi connectivity index (χ1) is 12.5. The highest BCUT2D eigenvalue weighted by molar-refractivity contribution is 5.88. The molecule has 1 unspecified atom stereocenters. The highest BCUT2D eigenvalue weighted by Gasteiger charge is 2.26. The third-order valence-corrected chi connectivity index (χ3v) is 3.99. The lowest BCUT2D eigenvalue weighted by molar-refractivity contribution is -0.159. The van der Waals surface area contributed by atoms with Crippen LogP contribution in [0.15, 0.2) is 59.2 Å². The minimum Gasteiger partial charge on any atom is -0.508 e. The van der Waals surface area contributed by atoms with E-state index >= 15 is 0 Å². The van der Waals surface area contributed by atoms with Crippen LogP contribution in [0.25, 0.3) is 11.0 Å². The number of ether oxygens (including phenoxy) is 1. The van der Waals surface area contributed by atoms with Gasteiger partial charge in [0.25, 0.3) is 5.91 Å². The fourth-order valence-corrected chi connectivity index (χ4v) is 2.66. The van der Waals surface area contributed by atoms with Crippen molar-refractivity contribution in [1.29, 1.82) is 0 Å². The number of phenolic OH excluding ortho intramolecular Hbond substituents is 1. The maximum absolute atomic E-state index is 12.4. The van der Waals surface area contributed by atoms with Crippen LogP contribution in [-0.4, -0.2) is 36.0 Å². The highest BCUT2D eigenvalue weighted by Crippen LogP contribution is 2.26. The molecule has 1 atom stereocenters. The number of esters is 1. The summed E-state index contributed by atoms with van der Waals surface area (Å²) in [6.07, 6.45) is 0.416. The molecular weight excluding hydrogens is 334 g/mol. The number of furan rings is 1. The average molecular weight is 353 g/mol. The van der Waals surface area contributed by atoms with Crippen molar-refractivity contribution in [3.8, 4) is 5.75 Å². The van der Waals surface area contributed by atoms with Crippen LogP contribution >= 0.6 is 0 Å². The predicted octanol–water partition coefficient (Wildman–Crippen LogP) is 3.05. The van der Waals surface area contributed by atoms with Gasteiger partial charge in [-0.1, -0.05) is 30.3 Å². The Labute approximate surface area is 150 Å². The molecule has 2 aromatic carbocycles. The molecule has 0 radical (unpaired) electrons. The van der Waals surface area contributed by atoms with Crippen LogP contribution in [0.1, 0.15) is 17.2 Å². The number of aromatic hydroxyl groups is 1. The molecule has 1 heterocycles. The maximum Gasteiger partial charge on any atom is 0.311 e. The number of carbonyl (C=O) groups excluding carboxylic acids is 2. The standard InChI is InChI=1S/C20H19NO5/c1-21(2)20(24)19(13-6-4-3-5-7-13)26-18(23)10-14-12-25-17-11-15(22)8-9-16(14)17/h3-9,11-12,19,22H,10H2,1-2H3. The molecule has 0 bridgehead atoms. The van der Waals surface area contributed by atoms with E-state index < -0.39 is 12.1 Å². The van der Waals surface area contributed by atoms with Crippen molar-refractivity contribution in [3.05, 3.63) is 65.9 Å². The zero-order valence-electron chi connectivity index (χ0n) is 14.5. The molecule has 1 N–H and O–H groups in total. The van der Waals surface area contributed by atoms with Gasteiger partial charge in [0, 0.05) is 36.7 Å². The van der Waals surface area contributed by atoms with Crippen molar-refractivity contribution in [1.82, 2.24) is 4.90 Å². The fourth-order valence-electron chi connectivity index (χ4n) is 2.66.